The number of rotatable bonds is 5. The highest BCUT2D eigenvalue weighted by molar-refractivity contribution is 5.82. The Morgan fingerprint density at radius 1 is 1.62 bits per heavy atom. The third kappa shape index (κ3) is 5.75. The van der Waals surface area contributed by atoms with Crippen molar-refractivity contribution < 1.29 is 9.53 Å². The molecule has 0 amide bonds. The maximum Gasteiger partial charge on any atom is 0.330 e. The predicted octanol–water partition coefficient (Wildman–Crippen LogP) is 2.54. The van der Waals surface area contributed by atoms with Gasteiger partial charge in [-0.25, -0.2) is 4.79 Å². The summed E-state index contributed by atoms with van der Waals surface area (Å²) in [5.74, 6) is -0.460. The Kier molecular flexibility index (Phi) is 6.37. The number of allylic oxidation sites excluding steroid dienone is 1. The molecule has 0 saturated heterocycles. The summed E-state index contributed by atoms with van der Waals surface area (Å²) >= 11 is 0. The first-order chi connectivity index (χ1) is 6.24. The zero-order valence-electron chi connectivity index (χ0n) is 7.86. The summed E-state index contributed by atoms with van der Waals surface area (Å²) in [6, 6.07) is 0. The monoisotopic (exact) mass is 183 g/mol. The lowest BCUT2D eigenvalue weighted by atomic mass is 10.2. The number of carbonyl (C=O) groups excluding carboxylic acids is 1. The third-order valence-corrected chi connectivity index (χ3v) is 1.25. The first-order valence-corrected chi connectivity index (χ1v) is 4.17. The van der Waals surface area contributed by atoms with Crippen LogP contribution < -0.4 is 0 Å². The van der Waals surface area contributed by atoms with Crippen LogP contribution >= 0.6 is 0 Å². The fourth-order valence-corrected chi connectivity index (χ4v) is 0.785. The molecule has 0 heterocycles. The standard InChI is InChI=1S/C8H13N3O2/c1-3-5-7(10-11-9)6-8(12)13-4-2/h6H,3-5H2,1-2H3. The Balaban J connectivity index is 4.32. The van der Waals surface area contributed by atoms with Gasteiger partial charge in [0.25, 0.3) is 0 Å². The van der Waals surface area contributed by atoms with Crippen molar-refractivity contribution in [3.8, 4) is 0 Å². The zero-order chi connectivity index (χ0) is 10.1. The van der Waals surface area contributed by atoms with Crippen molar-refractivity contribution in [1.29, 1.82) is 0 Å². The maximum absolute atomic E-state index is 10.9. The molecule has 5 nitrogen and oxygen atoms in total. The Bertz CT molecular complexity index is 242. The van der Waals surface area contributed by atoms with Gasteiger partial charge in [-0.3, -0.25) is 0 Å². The van der Waals surface area contributed by atoms with E-state index < -0.39 is 5.97 Å². The lowest BCUT2D eigenvalue weighted by Crippen LogP contribution is -2.00. The van der Waals surface area contributed by atoms with Gasteiger partial charge in [-0.2, -0.15) is 0 Å². The van der Waals surface area contributed by atoms with Crippen molar-refractivity contribution in [3.05, 3.63) is 22.2 Å². The van der Waals surface area contributed by atoms with Gasteiger partial charge in [0.2, 0.25) is 0 Å². The molecule has 0 unspecified atom stereocenters. The van der Waals surface area contributed by atoms with E-state index in [0.29, 0.717) is 18.7 Å². The van der Waals surface area contributed by atoms with Crippen LogP contribution in [0.25, 0.3) is 10.4 Å². The van der Waals surface area contributed by atoms with E-state index in [1.54, 1.807) is 6.92 Å². The van der Waals surface area contributed by atoms with E-state index in [1.807, 2.05) is 6.92 Å². The molecular weight excluding hydrogens is 170 g/mol. The number of ether oxygens (including phenoxy) is 1. The van der Waals surface area contributed by atoms with Gasteiger partial charge in [0.05, 0.1) is 6.61 Å². The maximum atomic E-state index is 10.9. The van der Waals surface area contributed by atoms with Crippen molar-refractivity contribution in [3.63, 3.8) is 0 Å². The molecule has 0 atom stereocenters. The third-order valence-electron chi connectivity index (χ3n) is 1.25. The number of azide groups is 1. The molecule has 0 radical (unpaired) electrons. The molecular formula is C8H13N3O2. The molecule has 0 N–H and O–H groups in total. The molecule has 0 saturated carbocycles. The number of esters is 1. The quantitative estimate of drug-likeness (QED) is 0.216. The molecule has 0 aliphatic carbocycles. The van der Waals surface area contributed by atoms with Crippen molar-refractivity contribution in [2.24, 2.45) is 5.11 Å². The van der Waals surface area contributed by atoms with Crippen LogP contribution in [0, 0.1) is 0 Å². The molecule has 0 aliphatic heterocycles. The van der Waals surface area contributed by atoms with Gasteiger partial charge in [0, 0.05) is 16.7 Å². The van der Waals surface area contributed by atoms with E-state index >= 15 is 0 Å². The molecule has 0 bridgehead atoms. The van der Waals surface area contributed by atoms with Crippen LogP contribution in [0.15, 0.2) is 16.9 Å². The summed E-state index contributed by atoms with van der Waals surface area (Å²) in [5.41, 5.74) is 8.59. The SMILES string of the molecule is CCCC(=CC(=O)OCC)N=[N+]=[N-]. The van der Waals surface area contributed by atoms with Gasteiger partial charge in [-0.15, -0.1) is 0 Å². The normalized spacial score (nSPS) is 10.5. The van der Waals surface area contributed by atoms with Crippen molar-refractivity contribution >= 4 is 5.97 Å². The van der Waals surface area contributed by atoms with Gasteiger partial charge in [0.15, 0.2) is 0 Å². The second-order valence-electron chi connectivity index (χ2n) is 2.33. The van der Waals surface area contributed by atoms with Crippen LogP contribution in [0.2, 0.25) is 0 Å². The Labute approximate surface area is 77.0 Å². The van der Waals surface area contributed by atoms with Crippen molar-refractivity contribution in [2.45, 2.75) is 26.7 Å². The molecule has 0 rings (SSSR count). The molecule has 0 aromatic rings. The Morgan fingerprint density at radius 3 is 2.77 bits per heavy atom. The highest BCUT2D eigenvalue weighted by Gasteiger charge is 1.99. The van der Waals surface area contributed by atoms with Crippen LogP contribution in [-0.4, -0.2) is 12.6 Å². The second-order valence-corrected chi connectivity index (χ2v) is 2.33. The minimum atomic E-state index is -0.460. The summed E-state index contributed by atoms with van der Waals surface area (Å²) in [5, 5.41) is 3.38. The number of nitrogens with zero attached hydrogens (tertiary/aromatic N) is 3. The topological polar surface area (TPSA) is 75.1 Å². The highest BCUT2D eigenvalue weighted by Crippen LogP contribution is 2.06. The van der Waals surface area contributed by atoms with Crippen LogP contribution in [0.3, 0.4) is 0 Å². The van der Waals surface area contributed by atoms with Gasteiger partial charge in [-0.1, -0.05) is 18.5 Å². The second kappa shape index (κ2) is 7.18. The number of hydrogen-bond acceptors (Lipinski definition) is 3. The minimum Gasteiger partial charge on any atom is -0.463 e. The molecule has 0 fully saturated rings. The highest BCUT2D eigenvalue weighted by atomic mass is 16.5. The first kappa shape index (κ1) is 11.5. The average Bonchev–Trinajstić information content (AvgIpc) is 2.05. The fraction of sp³-hybridized carbons (Fsp3) is 0.625. The van der Waals surface area contributed by atoms with E-state index in [1.165, 1.54) is 6.08 Å². The largest absolute Gasteiger partial charge is 0.463 e. The average molecular weight is 183 g/mol. The van der Waals surface area contributed by atoms with Crippen LogP contribution in [-0.2, 0) is 9.53 Å². The lowest BCUT2D eigenvalue weighted by molar-refractivity contribution is -0.137. The molecule has 0 aliphatic rings. The molecule has 0 spiro atoms. The summed E-state index contributed by atoms with van der Waals surface area (Å²) in [7, 11) is 0. The smallest absolute Gasteiger partial charge is 0.330 e. The van der Waals surface area contributed by atoms with Crippen molar-refractivity contribution in [2.75, 3.05) is 6.61 Å². The zero-order valence-corrected chi connectivity index (χ0v) is 7.86. The van der Waals surface area contributed by atoms with Crippen LogP contribution in [0.5, 0.6) is 0 Å². The van der Waals surface area contributed by atoms with Gasteiger partial charge in [0.1, 0.15) is 0 Å². The predicted molar refractivity (Wildman–Crippen MR) is 48.8 cm³/mol. The van der Waals surface area contributed by atoms with E-state index in [9.17, 15) is 4.79 Å². The van der Waals surface area contributed by atoms with Crippen LogP contribution in [0.1, 0.15) is 26.7 Å². The molecule has 72 valence electrons. The molecule has 5 heteroatoms. The first-order valence-electron chi connectivity index (χ1n) is 4.17. The molecule has 0 aromatic heterocycles. The number of hydrogen-bond donors (Lipinski definition) is 0. The van der Waals surface area contributed by atoms with Gasteiger partial charge >= 0.3 is 5.97 Å². The van der Waals surface area contributed by atoms with E-state index in [-0.39, 0.29) is 0 Å². The summed E-state index contributed by atoms with van der Waals surface area (Å²) in [6.07, 6.45) is 2.64. The lowest BCUT2D eigenvalue weighted by Gasteiger charge is -1.98. The Hall–Kier alpha value is -1.48. The van der Waals surface area contributed by atoms with E-state index in [2.05, 4.69) is 14.8 Å². The minimum absolute atomic E-state index is 0.324. The van der Waals surface area contributed by atoms with Crippen molar-refractivity contribution in [1.82, 2.24) is 0 Å². The molecule has 13 heavy (non-hydrogen) atoms. The Morgan fingerprint density at radius 2 is 2.31 bits per heavy atom. The summed E-state index contributed by atoms with van der Waals surface area (Å²) in [6.45, 7) is 3.98. The molecule has 0 aromatic carbocycles. The van der Waals surface area contributed by atoms with Gasteiger partial charge < -0.3 is 4.74 Å². The van der Waals surface area contributed by atoms with Gasteiger partial charge in [-0.05, 0) is 18.9 Å². The number of carbonyl (C=O) groups is 1. The van der Waals surface area contributed by atoms with E-state index in [0.717, 1.165) is 6.42 Å². The summed E-state index contributed by atoms with van der Waals surface area (Å²) in [4.78, 5) is 13.5. The van der Waals surface area contributed by atoms with Crippen LogP contribution in [0.4, 0.5) is 0 Å². The van der Waals surface area contributed by atoms with E-state index in [4.69, 9.17) is 5.53 Å². The summed E-state index contributed by atoms with van der Waals surface area (Å²) < 4.78 is 4.67. The fourth-order valence-electron chi connectivity index (χ4n) is 0.785.